The van der Waals surface area contributed by atoms with Crippen molar-refractivity contribution in [1.29, 1.82) is 0 Å². The molecule has 4 rings (SSSR count). The molecule has 5 heteroatoms. The van der Waals surface area contributed by atoms with Crippen molar-refractivity contribution in [3.8, 4) is 11.3 Å². The normalized spacial score (nSPS) is 21.4. The first-order chi connectivity index (χ1) is 13.1. The molecule has 0 bridgehead atoms. The van der Waals surface area contributed by atoms with Crippen molar-refractivity contribution in [2.24, 2.45) is 7.05 Å². The Hall–Kier alpha value is -2.14. The number of carbonyl (C=O) groups is 1. The number of hydrogen-bond donors (Lipinski definition) is 0. The summed E-state index contributed by atoms with van der Waals surface area (Å²) in [6, 6.07) is 10.5. The van der Waals surface area contributed by atoms with Gasteiger partial charge in [0.1, 0.15) is 0 Å². The lowest BCUT2D eigenvalue weighted by Gasteiger charge is -2.30. The average molecular weight is 367 g/mol. The lowest BCUT2D eigenvalue weighted by molar-refractivity contribution is -0.136. The van der Waals surface area contributed by atoms with E-state index in [0.717, 1.165) is 56.6 Å². The average Bonchev–Trinajstić information content (AvgIpc) is 2.87. The van der Waals surface area contributed by atoms with E-state index >= 15 is 0 Å². The Balaban J connectivity index is 1.54. The molecule has 0 radical (unpaired) electrons. The predicted octanol–water partition coefficient (Wildman–Crippen LogP) is 2.89. The van der Waals surface area contributed by atoms with Crippen molar-refractivity contribution in [2.45, 2.75) is 44.6 Å². The molecule has 1 fully saturated rings. The van der Waals surface area contributed by atoms with Gasteiger partial charge in [0.25, 0.3) is 0 Å². The lowest BCUT2D eigenvalue weighted by atomic mass is 10.0. The Labute approximate surface area is 162 Å². The number of hydrogen-bond acceptors (Lipinski definition) is 3. The summed E-state index contributed by atoms with van der Waals surface area (Å²) in [5.74, 6) is 0.321. The highest BCUT2D eigenvalue weighted by Crippen LogP contribution is 2.28. The molecular weight excluding hydrogens is 336 g/mol. The minimum absolute atomic E-state index is 0.0560. The third kappa shape index (κ3) is 3.65. The van der Waals surface area contributed by atoms with Crippen LogP contribution in [0.1, 0.15) is 36.9 Å². The second-order valence-corrected chi connectivity index (χ2v) is 7.93. The van der Waals surface area contributed by atoms with Crippen LogP contribution >= 0.6 is 0 Å². The molecule has 144 valence electrons. The molecule has 1 amide bonds. The molecule has 0 spiro atoms. The Bertz CT molecular complexity index is 798. The van der Waals surface area contributed by atoms with Crippen LogP contribution in [0, 0.1) is 0 Å². The van der Waals surface area contributed by atoms with Crippen molar-refractivity contribution < 1.29 is 4.79 Å². The molecule has 0 N–H and O–H groups in total. The molecule has 0 aliphatic carbocycles. The third-order valence-corrected chi connectivity index (χ3v) is 6.19. The maximum atomic E-state index is 13.2. The highest BCUT2D eigenvalue weighted by Gasteiger charge is 2.31. The topological polar surface area (TPSA) is 41.4 Å². The molecule has 5 nitrogen and oxygen atoms in total. The first-order valence-electron chi connectivity index (χ1n) is 10.2. The van der Waals surface area contributed by atoms with Gasteiger partial charge >= 0.3 is 0 Å². The van der Waals surface area contributed by atoms with Crippen LogP contribution in [0.4, 0.5) is 0 Å². The molecule has 2 aliphatic heterocycles. The van der Waals surface area contributed by atoms with Crippen molar-refractivity contribution in [3.05, 3.63) is 41.6 Å². The van der Waals surface area contributed by atoms with Crippen molar-refractivity contribution in [3.63, 3.8) is 0 Å². The van der Waals surface area contributed by atoms with Gasteiger partial charge in [0.15, 0.2) is 0 Å². The first kappa shape index (κ1) is 18.2. The molecule has 0 saturated carbocycles. The van der Waals surface area contributed by atoms with E-state index in [1.54, 1.807) is 0 Å². The monoisotopic (exact) mass is 366 g/mol. The van der Waals surface area contributed by atoms with Crippen LogP contribution in [-0.2, 0) is 24.7 Å². The highest BCUT2D eigenvalue weighted by molar-refractivity contribution is 5.82. The van der Waals surface area contributed by atoms with E-state index in [-0.39, 0.29) is 6.04 Å². The quantitative estimate of drug-likeness (QED) is 0.821. The first-order valence-corrected chi connectivity index (χ1v) is 10.2. The van der Waals surface area contributed by atoms with Gasteiger partial charge in [0, 0.05) is 43.4 Å². The van der Waals surface area contributed by atoms with Crippen LogP contribution in [0.5, 0.6) is 0 Å². The summed E-state index contributed by atoms with van der Waals surface area (Å²) in [4.78, 5) is 17.6. The van der Waals surface area contributed by atoms with Gasteiger partial charge in [-0.15, -0.1) is 0 Å². The van der Waals surface area contributed by atoms with Gasteiger partial charge in [-0.25, -0.2) is 0 Å². The number of fused-ring (bicyclic) bond motifs is 1. The van der Waals surface area contributed by atoms with Crippen LogP contribution in [0.2, 0.25) is 0 Å². The summed E-state index contributed by atoms with van der Waals surface area (Å²) in [6.45, 7) is 2.62. The smallest absolute Gasteiger partial charge is 0.239 e. The van der Waals surface area contributed by atoms with E-state index in [2.05, 4.69) is 41.1 Å². The van der Waals surface area contributed by atoms with Gasteiger partial charge < -0.3 is 4.90 Å². The number of likely N-dealkylation sites (tertiary alicyclic amines) is 1. The molecule has 3 heterocycles. The minimum Gasteiger partial charge on any atom is -0.341 e. The fraction of sp³-hybridized carbons (Fsp3) is 0.545. The Morgan fingerprint density at radius 3 is 2.59 bits per heavy atom. The van der Waals surface area contributed by atoms with Crippen LogP contribution in [0.3, 0.4) is 0 Å². The predicted molar refractivity (Wildman–Crippen MR) is 108 cm³/mol. The fourth-order valence-corrected chi connectivity index (χ4v) is 4.60. The van der Waals surface area contributed by atoms with Crippen LogP contribution in [-0.4, -0.2) is 58.2 Å². The van der Waals surface area contributed by atoms with Crippen molar-refractivity contribution >= 4 is 5.91 Å². The molecule has 1 atom stereocenters. The molecule has 1 aromatic carbocycles. The highest BCUT2D eigenvalue weighted by atomic mass is 16.2. The summed E-state index contributed by atoms with van der Waals surface area (Å²) in [5, 5.41) is 4.79. The number of likely N-dealkylation sites (N-methyl/N-ethyl adjacent to an activating group) is 1. The molecule has 2 aromatic rings. The summed E-state index contributed by atoms with van der Waals surface area (Å²) < 4.78 is 2.02. The molecule has 27 heavy (non-hydrogen) atoms. The standard InChI is InChI=1S/C22H30N4O/c1-24-14-8-4-7-11-20(24)22(27)26-15-12-18-19(13-16-26)25(2)23-21(18)17-9-5-3-6-10-17/h3,5-6,9-10,20H,4,7-8,11-16H2,1-2H3. The van der Waals surface area contributed by atoms with Crippen molar-refractivity contribution in [2.75, 3.05) is 26.7 Å². The molecule has 2 aliphatic rings. The maximum absolute atomic E-state index is 13.2. The molecule has 1 aromatic heterocycles. The summed E-state index contributed by atoms with van der Waals surface area (Å²) in [5.41, 5.74) is 4.83. The molecule has 1 saturated heterocycles. The van der Waals surface area contributed by atoms with E-state index in [0.29, 0.717) is 5.91 Å². The zero-order valence-electron chi connectivity index (χ0n) is 16.5. The van der Waals surface area contributed by atoms with Gasteiger partial charge in [-0.1, -0.05) is 43.2 Å². The summed E-state index contributed by atoms with van der Waals surface area (Å²) in [6.07, 6.45) is 6.37. The largest absolute Gasteiger partial charge is 0.341 e. The van der Waals surface area contributed by atoms with E-state index in [9.17, 15) is 4.79 Å². The number of rotatable bonds is 2. The number of carbonyl (C=O) groups excluding carboxylic acids is 1. The number of nitrogens with zero attached hydrogens (tertiary/aromatic N) is 4. The molecular formula is C22H30N4O. The Kier molecular flexibility index (Phi) is 5.30. The Morgan fingerprint density at radius 2 is 1.78 bits per heavy atom. The van der Waals surface area contributed by atoms with Gasteiger partial charge in [-0.3, -0.25) is 14.4 Å². The second-order valence-electron chi connectivity index (χ2n) is 7.93. The van der Waals surface area contributed by atoms with Crippen LogP contribution < -0.4 is 0 Å². The lowest BCUT2D eigenvalue weighted by Crippen LogP contribution is -2.47. The van der Waals surface area contributed by atoms with Crippen molar-refractivity contribution in [1.82, 2.24) is 19.6 Å². The van der Waals surface area contributed by atoms with Crippen LogP contribution in [0.25, 0.3) is 11.3 Å². The van der Waals surface area contributed by atoms with E-state index in [1.807, 2.05) is 17.8 Å². The zero-order chi connectivity index (χ0) is 18.8. The maximum Gasteiger partial charge on any atom is 0.239 e. The Morgan fingerprint density at radius 1 is 1.00 bits per heavy atom. The molecule has 1 unspecified atom stereocenters. The number of benzene rings is 1. The van der Waals surface area contributed by atoms with Gasteiger partial charge in [0.2, 0.25) is 5.91 Å². The van der Waals surface area contributed by atoms with Crippen LogP contribution in [0.15, 0.2) is 30.3 Å². The number of aryl methyl sites for hydroxylation is 1. The summed E-state index contributed by atoms with van der Waals surface area (Å²) >= 11 is 0. The van der Waals surface area contributed by atoms with E-state index < -0.39 is 0 Å². The number of aromatic nitrogens is 2. The summed E-state index contributed by atoms with van der Waals surface area (Å²) in [7, 11) is 4.14. The minimum atomic E-state index is 0.0560. The van der Waals surface area contributed by atoms with E-state index in [4.69, 9.17) is 5.10 Å². The SMILES string of the molecule is CN1CCCCCC1C(=O)N1CCc2c(-c3ccccc3)nn(C)c2CC1. The zero-order valence-corrected chi connectivity index (χ0v) is 16.5. The second kappa shape index (κ2) is 7.85. The van der Waals surface area contributed by atoms with Gasteiger partial charge in [-0.2, -0.15) is 5.10 Å². The van der Waals surface area contributed by atoms with Gasteiger partial charge in [0.05, 0.1) is 11.7 Å². The fourth-order valence-electron chi connectivity index (χ4n) is 4.60. The third-order valence-electron chi connectivity index (χ3n) is 6.19. The number of amides is 1. The van der Waals surface area contributed by atoms with Gasteiger partial charge in [-0.05, 0) is 32.9 Å². The van der Waals surface area contributed by atoms with E-state index in [1.165, 1.54) is 24.1 Å².